The summed E-state index contributed by atoms with van der Waals surface area (Å²) in [4.78, 5) is 51.2. The molecule has 2 rings (SSSR count). The molecule has 0 bridgehead atoms. The zero-order chi connectivity index (χ0) is 23.9. The third-order valence-electron chi connectivity index (χ3n) is 4.88. The lowest BCUT2D eigenvalue weighted by molar-refractivity contribution is -0.149. The Morgan fingerprint density at radius 1 is 1.06 bits per heavy atom. The molecule has 3 unspecified atom stereocenters. The molecular formula is C23H33N3O6. The average Bonchev–Trinajstić information content (AvgIpc) is 3.20. The van der Waals surface area contributed by atoms with Gasteiger partial charge in [0.15, 0.2) is 0 Å². The van der Waals surface area contributed by atoms with Gasteiger partial charge in [-0.2, -0.15) is 0 Å². The highest BCUT2D eigenvalue weighted by Crippen LogP contribution is 2.19. The van der Waals surface area contributed by atoms with E-state index < -0.39 is 41.7 Å². The number of likely N-dealkylation sites (tertiary alicyclic amines) is 1. The SMILES string of the molecule is CC(NC(=O)C1CCCN1C(=O)C(C)NC(=O)OC(C)(C)C)C(=O)OCc1ccccc1. The number of hydrogen-bond acceptors (Lipinski definition) is 6. The molecule has 1 saturated heterocycles. The van der Waals surface area contributed by atoms with Crippen LogP contribution in [0.1, 0.15) is 53.0 Å². The second-order valence-corrected chi connectivity index (χ2v) is 8.88. The van der Waals surface area contributed by atoms with Crippen molar-refractivity contribution in [3.05, 3.63) is 35.9 Å². The minimum Gasteiger partial charge on any atom is -0.459 e. The van der Waals surface area contributed by atoms with Gasteiger partial charge in [-0.1, -0.05) is 30.3 Å². The molecule has 3 atom stereocenters. The van der Waals surface area contributed by atoms with Crippen LogP contribution in [0.5, 0.6) is 0 Å². The molecule has 2 N–H and O–H groups in total. The third-order valence-corrected chi connectivity index (χ3v) is 4.88. The maximum atomic E-state index is 12.8. The van der Waals surface area contributed by atoms with Crippen molar-refractivity contribution in [2.45, 2.75) is 77.8 Å². The fourth-order valence-electron chi connectivity index (χ4n) is 3.32. The molecule has 1 aromatic carbocycles. The molecule has 32 heavy (non-hydrogen) atoms. The first-order chi connectivity index (χ1) is 15.0. The van der Waals surface area contributed by atoms with Gasteiger partial charge < -0.3 is 25.0 Å². The largest absolute Gasteiger partial charge is 0.459 e. The van der Waals surface area contributed by atoms with Crippen LogP contribution in [0.2, 0.25) is 0 Å². The number of nitrogens with one attached hydrogen (secondary N) is 2. The van der Waals surface area contributed by atoms with E-state index in [-0.39, 0.29) is 12.5 Å². The Hall–Kier alpha value is -3.10. The van der Waals surface area contributed by atoms with E-state index in [0.717, 1.165) is 5.56 Å². The molecule has 1 fully saturated rings. The minimum absolute atomic E-state index is 0.113. The van der Waals surface area contributed by atoms with Gasteiger partial charge in [0.05, 0.1) is 0 Å². The Bertz CT molecular complexity index is 821. The third kappa shape index (κ3) is 7.55. The maximum Gasteiger partial charge on any atom is 0.408 e. The molecule has 0 saturated carbocycles. The normalized spacial score (nSPS) is 17.8. The van der Waals surface area contributed by atoms with E-state index in [1.807, 2.05) is 30.3 Å². The van der Waals surface area contributed by atoms with Gasteiger partial charge in [0.2, 0.25) is 11.8 Å². The molecule has 0 spiro atoms. The summed E-state index contributed by atoms with van der Waals surface area (Å²) in [6, 6.07) is 6.81. The lowest BCUT2D eigenvalue weighted by Crippen LogP contribution is -2.54. The fraction of sp³-hybridized carbons (Fsp3) is 0.565. The van der Waals surface area contributed by atoms with E-state index in [1.54, 1.807) is 34.6 Å². The number of carbonyl (C=O) groups is 4. The number of rotatable bonds is 7. The van der Waals surface area contributed by atoms with Gasteiger partial charge in [0, 0.05) is 6.54 Å². The number of amides is 3. The zero-order valence-corrected chi connectivity index (χ0v) is 19.3. The summed E-state index contributed by atoms with van der Waals surface area (Å²) in [5.74, 6) is -1.37. The van der Waals surface area contributed by atoms with E-state index in [1.165, 1.54) is 4.90 Å². The summed E-state index contributed by atoms with van der Waals surface area (Å²) in [7, 11) is 0. The Morgan fingerprint density at radius 3 is 2.34 bits per heavy atom. The number of alkyl carbamates (subject to hydrolysis) is 1. The van der Waals surface area contributed by atoms with Crippen molar-refractivity contribution < 1.29 is 28.7 Å². The average molecular weight is 448 g/mol. The Morgan fingerprint density at radius 2 is 1.72 bits per heavy atom. The summed E-state index contributed by atoms with van der Waals surface area (Å²) in [6.45, 7) is 8.78. The molecule has 0 aliphatic carbocycles. The van der Waals surface area contributed by atoms with Gasteiger partial charge in [-0.25, -0.2) is 9.59 Å². The standard InChI is InChI=1S/C23H33N3O6/c1-15(25-22(30)32-23(3,4)5)20(28)26-13-9-12-18(26)19(27)24-16(2)21(29)31-14-17-10-7-6-8-11-17/h6-8,10-11,15-16,18H,9,12-14H2,1-5H3,(H,24,27)(H,25,30). The molecule has 0 radical (unpaired) electrons. The van der Waals surface area contributed by atoms with Crippen molar-refractivity contribution in [2.75, 3.05) is 6.54 Å². The van der Waals surface area contributed by atoms with Gasteiger partial charge in [-0.15, -0.1) is 0 Å². The zero-order valence-electron chi connectivity index (χ0n) is 19.3. The van der Waals surface area contributed by atoms with Crippen LogP contribution in [0.3, 0.4) is 0 Å². The lowest BCUT2D eigenvalue weighted by Gasteiger charge is -2.28. The highest BCUT2D eigenvalue weighted by Gasteiger charge is 2.37. The van der Waals surface area contributed by atoms with Gasteiger partial charge in [0.25, 0.3) is 0 Å². The van der Waals surface area contributed by atoms with Crippen molar-refractivity contribution in [3.8, 4) is 0 Å². The number of esters is 1. The number of carbonyl (C=O) groups excluding carboxylic acids is 4. The second kappa shape index (κ2) is 11.0. The summed E-state index contributed by atoms with van der Waals surface area (Å²) in [5, 5.41) is 5.14. The summed E-state index contributed by atoms with van der Waals surface area (Å²) < 4.78 is 10.4. The number of nitrogens with zero attached hydrogens (tertiary/aromatic N) is 1. The lowest BCUT2D eigenvalue weighted by atomic mass is 10.1. The van der Waals surface area contributed by atoms with E-state index in [9.17, 15) is 19.2 Å². The van der Waals surface area contributed by atoms with Crippen molar-refractivity contribution >= 4 is 23.9 Å². The molecule has 1 aliphatic heterocycles. The first-order valence-electron chi connectivity index (χ1n) is 10.8. The first-order valence-corrected chi connectivity index (χ1v) is 10.8. The summed E-state index contributed by atoms with van der Waals surface area (Å²) in [5.41, 5.74) is 0.159. The van der Waals surface area contributed by atoms with Crippen LogP contribution < -0.4 is 10.6 Å². The van der Waals surface area contributed by atoms with Crippen molar-refractivity contribution in [1.82, 2.24) is 15.5 Å². The smallest absolute Gasteiger partial charge is 0.408 e. The Balaban J connectivity index is 1.88. The van der Waals surface area contributed by atoms with Crippen LogP contribution in [-0.4, -0.2) is 59.0 Å². The molecule has 0 aromatic heterocycles. The van der Waals surface area contributed by atoms with Crippen LogP contribution in [0, 0.1) is 0 Å². The van der Waals surface area contributed by atoms with Gasteiger partial charge in [-0.3, -0.25) is 9.59 Å². The molecule has 9 heteroatoms. The quantitative estimate of drug-likeness (QED) is 0.619. The minimum atomic E-state index is -0.860. The topological polar surface area (TPSA) is 114 Å². The van der Waals surface area contributed by atoms with Crippen LogP contribution in [0.25, 0.3) is 0 Å². The summed E-state index contributed by atoms with van der Waals surface area (Å²) >= 11 is 0. The monoisotopic (exact) mass is 447 g/mol. The van der Waals surface area contributed by atoms with E-state index in [0.29, 0.717) is 19.4 Å². The number of benzene rings is 1. The predicted octanol–water partition coefficient (Wildman–Crippen LogP) is 2.14. The number of ether oxygens (including phenoxy) is 2. The molecule has 3 amide bonds. The Labute approximate surface area is 188 Å². The predicted molar refractivity (Wildman–Crippen MR) is 117 cm³/mol. The van der Waals surface area contributed by atoms with Crippen LogP contribution in [0.15, 0.2) is 30.3 Å². The summed E-state index contributed by atoms with van der Waals surface area (Å²) in [6.07, 6.45) is 0.423. The van der Waals surface area contributed by atoms with Crippen LogP contribution >= 0.6 is 0 Å². The van der Waals surface area contributed by atoms with E-state index in [4.69, 9.17) is 9.47 Å². The first kappa shape index (κ1) is 25.2. The molecule has 1 aromatic rings. The maximum absolute atomic E-state index is 12.8. The molecule has 1 heterocycles. The van der Waals surface area contributed by atoms with Crippen molar-refractivity contribution in [3.63, 3.8) is 0 Å². The molecule has 176 valence electrons. The van der Waals surface area contributed by atoms with Crippen LogP contribution in [-0.2, 0) is 30.5 Å². The van der Waals surface area contributed by atoms with E-state index >= 15 is 0 Å². The molecule has 9 nitrogen and oxygen atoms in total. The second-order valence-electron chi connectivity index (χ2n) is 8.88. The highest BCUT2D eigenvalue weighted by molar-refractivity contribution is 5.93. The van der Waals surface area contributed by atoms with Crippen molar-refractivity contribution in [2.24, 2.45) is 0 Å². The van der Waals surface area contributed by atoms with E-state index in [2.05, 4.69) is 10.6 Å². The van der Waals surface area contributed by atoms with Gasteiger partial charge in [0.1, 0.15) is 30.3 Å². The molecule has 1 aliphatic rings. The number of hydrogen-bond donors (Lipinski definition) is 2. The Kier molecular flexibility index (Phi) is 8.63. The van der Waals surface area contributed by atoms with Gasteiger partial charge >= 0.3 is 12.1 Å². The van der Waals surface area contributed by atoms with Crippen molar-refractivity contribution in [1.29, 1.82) is 0 Å². The highest BCUT2D eigenvalue weighted by atomic mass is 16.6. The fourth-order valence-corrected chi connectivity index (χ4v) is 3.32. The molecular weight excluding hydrogens is 414 g/mol. The van der Waals surface area contributed by atoms with Crippen LogP contribution in [0.4, 0.5) is 4.79 Å². The van der Waals surface area contributed by atoms with Gasteiger partial charge in [-0.05, 0) is 53.0 Å².